The molecule has 3 heterocycles. The standard InChI is InChI=1S/C41H33N3O7/c1-41-30(38(47)44(40(41)49)23-8-4-3-5-9-23)21-29-26(35(41)27-17-16-25(50-2)20-32(27)45)18-19-28-34(29)39(48)43(37(28)46)24-14-12-22(13-15-24)36-42-31-10-6-7-11-33(31)51-36/h3-18,20,28-30,34-35,45H,19,21H2,1-2H3/t28-,29+,30-,34-,35+,41+/m0/s1. The van der Waals surface area contributed by atoms with Gasteiger partial charge in [-0.15, -0.1) is 0 Å². The van der Waals surface area contributed by atoms with E-state index in [2.05, 4.69) is 4.98 Å². The summed E-state index contributed by atoms with van der Waals surface area (Å²) in [5.41, 5.74) is 3.00. The molecule has 3 fully saturated rings. The Morgan fingerprint density at radius 2 is 1.55 bits per heavy atom. The van der Waals surface area contributed by atoms with Gasteiger partial charge in [-0.3, -0.25) is 24.1 Å². The molecule has 51 heavy (non-hydrogen) atoms. The lowest BCUT2D eigenvalue weighted by Crippen LogP contribution is -2.48. The normalized spacial score (nSPS) is 27.0. The molecule has 5 aromatic rings. The van der Waals surface area contributed by atoms with Crippen LogP contribution in [0, 0.1) is 29.1 Å². The van der Waals surface area contributed by atoms with Crippen molar-refractivity contribution in [1.29, 1.82) is 0 Å². The Bertz CT molecular complexity index is 2280. The molecule has 0 unspecified atom stereocenters. The lowest BCUT2D eigenvalue weighted by molar-refractivity contribution is -0.131. The monoisotopic (exact) mass is 679 g/mol. The fraction of sp³-hybridized carbons (Fsp3) is 0.244. The van der Waals surface area contributed by atoms with Crippen LogP contribution in [0.2, 0.25) is 0 Å². The van der Waals surface area contributed by atoms with E-state index in [9.17, 15) is 24.3 Å². The van der Waals surface area contributed by atoms with Gasteiger partial charge in [-0.2, -0.15) is 0 Å². The molecular formula is C41H33N3O7. The average Bonchev–Trinajstić information content (AvgIpc) is 3.76. The van der Waals surface area contributed by atoms with Crippen molar-refractivity contribution in [2.45, 2.75) is 25.7 Å². The molecular weight excluding hydrogens is 646 g/mol. The summed E-state index contributed by atoms with van der Waals surface area (Å²) >= 11 is 0. The molecule has 9 rings (SSSR count). The number of imide groups is 2. The summed E-state index contributed by atoms with van der Waals surface area (Å²) in [5, 5.41) is 11.4. The van der Waals surface area contributed by atoms with Crippen LogP contribution < -0.4 is 14.5 Å². The Balaban J connectivity index is 1.10. The molecule has 2 saturated heterocycles. The Hall–Kier alpha value is -6.03. The fourth-order valence-electron chi connectivity index (χ4n) is 9.08. The average molecular weight is 680 g/mol. The van der Waals surface area contributed by atoms with Crippen molar-refractivity contribution in [3.05, 3.63) is 114 Å². The largest absolute Gasteiger partial charge is 0.508 e. The third kappa shape index (κ3) is 4.38. The number of phenolic OH excluding ortho intramolecular Hbond substituents is 1. The number of oxazole rings is 1. The number of allylic oxidation sites excluding steroid dienone is 2. The first-order valence-corrected chi connectivity index (χ1v) is 17.0. The number of para-hydroxylation sites is 3. The van der Waals surface area contributed by atoms with Crippen LogP contribution in [-0.2, 0) is 19.2 Å². The quantitative estimate of drug-likeness (QED) is 0.162. The van der Waals surface area contributed by atoms with Crippen LogP contribution in [0.4, 0.5) is 11.4 Å². The number of hydrogen-bond donors (Lipinski definition) is 1. The summed E-state index contributed by atoms with van der Waals surface area (Å²) in [6, 6.07) is 28.2. The third-order valence-electron chi connectivity index (χ3n) is 11.5. The molecule has 0 radical (unpaired) electrons. The number of nitrogens with zero attached hydrogens (tertiary/aromatic N) is 3. The summed E-state index contributed by atoms with van der Waals surface area (Å²) in [5.74, 6) is -3.96. The first-order chi connectivity index (χ1) is 24.7. The van der Waals surface area contributed by atoms with Gasteiger partial charge in [-0.25, -0.2) is 9.88 Å². The minimum atomic E-state index is -1.26. The van der Waals surface area contributed by atoms with E-state index in [1.165, 1.54) is 23.0 Å². The Morgan fingerprint density at radius 3 is 2.27 bits per heavy atom. The minimum Gasteiger partial charge on any atom is -0.508 e. The highest BCUT2D eigenvalue weighted by Crippen LogP contribution is 2.64. The highest BCUT2D eigenvalue weighted by molar-refractivity contribution is 6.25. The van der Waals surface area contributed by atoms with Crippen LogP contribution in [0.3, 0.4) is 0 Å². The van der Waals surface area contributed by atoms with E-state index < -0.39 is 35.0 Å². The van der Waals surface area contributed by atoms with Crippen molar-refractivity contribution in [3.63, 3.8) is 0 Å². The summed E-state index contributed by atoms with van der Waals surface area (Å²) < 4.78 is 11.3. The van der Waals surface area contributed by atoms with Crippen molar-refractivity contribution < 1.29 is 33.4 Å². The van der Waals surface area contributed by atoms with Crippen molar-refractivity contribution in [3.8, 4) is 23.0 Å². The van der Waals surface area contributed by atoms with Gasteiger partial charge in [0.15, 0.2) is 5.58 Å². The molecule has 2 aliphatic heterocycles. The number of anilines is 2. The van der Waals surface area contributed by atoms with Gasteiger partial charge in [0.2, 0.25) is 29.5 Å². The number of ether oxygens (including phenoxy) is 1. The van der Waals surface area contributed by atoms with Crippen molar-refractivity contribution >= 4 is 46.1 Å². The number of carbonyl (C=O) groups excluding carboxylic acids is 4. The van der Waals surface area contributed by atoms with E-state index >= 15 is 0 Å². The molecule has 1 saturated carbocycles. The molecule has 1 N–H and O–H groups in total. The van der Waals surface area contributed by atoms with Gasteiger partial charge < -0.3 is 14.3 Å². The first-order valence-electron chi connectivity index (χ1n) is 17.0. The predicted octanol–water partition coefficient (Wildman–Crippen LogP) is 6.64. The van der Waals surface area contributed by atoms with Crippen LogP contribution >= 0.6 is 0 Å². The maximum atomic E-state index is 14.6. The molecule has 1 aromatic heterocycles. The number of rotatable bonds is 5. The van der Waals surface area contributed by atoms with Crippen LogP contribution in [-0.4, -0.2) is 40.8 Å². The van der Waals surface area contributed by atoms with E-state index in [0.29, 0.717) is 39.7 Å². The zero-order valence-corrected chi connectivity index (χ0v) is 27.9. The number of methoxy groups -OCH3 is 1. The third-order valence-corrected chi connectivity index (χ3v) is 11.5. The van der Waals surface area contributed by atoms with Gasteiger partial charge in [0, 0.05) is 23.1 Å². The summed E-state index contributed by atoms with van der Waals surface area (Å²) in [7, 11) is 1.50. The second-order valence-corrected chi connectivity index (χ2v) is 14.0. The molecule has 6 atom stereocenters. The van der Waals surface area contributed by atoms with Gasteiger partial charge in [-0.05, 0) is 80.3 Å². The number of carbonyl (C=O) groups is 4. The zero-order valence-electron chi connectivity index (χ0n) is 27.9. The van der Waals surface area contributed by atoms with Crippen molar-refractivity contribution in [2.24, 2.45) is 29.1 Å². The summed E-state index contributed by atoms with van der Waals surface area (Å²) in [4.78, 5) is 64.5. The number of phenols is 1. The number of fused-ring (bicyclic) bond motifs is 5. The maximum Gasteiger partial charge on any atom is 0.241 e. The van der Waals surface area contributed by atoms with Gasteiger partial charge in [0.1, 0.15) is 17.0 Å². The molecule has 4 aliphatic rings. The Kier molecular flexibility index (Phi) is 6.83. The van der Waals surface area contributed by atoms with E-state index in [1.54, 1.807) is 67.6 Å². The van der Waals surface area contributed by atoms with E-state index in [-0.39, 0.29) is 42.2 Å². The molecule has 10 heteroatoms. The number of aromatic hydroxyl groups is 1. The van der Waals surface area contributed by atoms with Gasteiger partial charge >= 0.3 is 0 Å². The predicted molar refractivity (Wildman–Crippen MR) is 188 cm³/mol. The SMILES string of the molecule is COc1ccc([C@H]2C3=CC[C@@H]4C(=O)N(c5ccc(-c6nc7ccccc7o6)cc5)C(=O)[C@@H]4[C@@H]3C[C@H]3C(=O)N(c4ccccc4)C(=O)[C@@]23C)c(O)c1. The van der Waals surface area contributed by atoms with Crippen LogP contribution in [0.5, 0.6) is 11.5 Å². The fourth-order valence-corrected chi connectivity index (χ4v) is 9.08. The van der Waals surface area contributed by atoms with Gasteiger partial charge in [0.05, 0.1) is 41.7 Å². The smallest absolute Gasteiger partial charge is 0.241 e. The minimum absolute atomic E-state index is 0.0732. The maximum absolute atomic E-state index is 14.6. The van der Waals surface area contributed by atoms with Gasteiger partial charge in [-0.1, -0.05) is 48.0 Å². The summed E-state index contributed by atoms with van der Waals surface area (Å²) in [6.45, 7) is 1.80. The Morgan fingerprint density at radius 1 is 0.824 bits per heavy atom. The molecule has 4 aromatic carbocycles. The molecule has 254 valence electrons. The van der Waals surface area contributed by atoms with E-state index in [0.717, 1.165) is 11.1 Å². The van der Waals surface area contributed by atoms with Crippen LogP contribution in [0.15, 0.2) is 113 Å². The number of hydrogen-bond acceptors (Lipinski definition) is 8. The number of aromatic nitrogens is 1. The topological polar surface area (TPSA) is 130 Å². The lowest BCUT2D eigenvalue weighted by atomic mass is 9.51. The molecule has 0 spiro atoms. The van der Waals surface area contributed by atoms with Crippen molar-refractivity contribution in [2.75, 3.05) is 16.9 Å². The number of benzene rings is 4. The summed E-state index contributed by atoms with van der Waals surface area (Å²) in [6.07, 6.45) is 2.47. The highest BCUT2D eigenvalue weighted by atomic mass is 16.5. The second kappa shape index (κ2) is 11.2. The van der Waals surface area contributed by atoms with E-state index in [4.69, 9.17) is 9.15 Å². The van der Waals surface area contributed by atoms with Crippen LogP contribution in [0.25, 0.3) is 22.6 Å². The first kappa shape index (κ1) is 31.0. The van der Waals surface area contributed by atoms with Gasteiger partial charge in [0.25, 0.3) is 0 Å². The molecule has 0 bridgehead atoms. The molecule has 2 aliphatic carbocycles. The number of amides is 4. The van der Waals surface area contributed by atoms with E-state index in [1.807, 2.05) is 36.4 Å². The Labute approximate surface area is 292 Å². The zero-order chi connectivity index (χ0) is 35.2. The molecule has 10 nitrogen and oxygen atoms in total. The second-order valence-electron chi connectivity index (χ2n) is 14.0. The lowest BCUT2D eigenvalue weighted by Gasteiger charge is -2.49. The van der Waals surface area contributed by atoms with Crippen molar-refractivity contribution in [1.82, 2.24) is 4.98 Å². The highest BCUT2D eigenvalue weighted by Gasteiger charge is 2.68. The molecule has 4 amide bonds. The van der Waals surface area contributed by atoms with Crippen LogP contribution in [0.1, 0.15) is 31.2 Å².